The molecule has 0 saturated carbocycles. The van der Waals surface area contributed by atoms with Crippen LogP contribution in [0.2, 0.25) is 0 Å². The van der Waals surface area contributed by atoms with Crippen LogP contribution < -0.4 is 0 Å². The van der Waals surface area contributed by atoms with Gasteiger partial charge in [0, 0.05) is 2.85 Å². The van der Waals surface area contributed by atoms with Crippen LogP contribution >= 0.6 is 0 Å². The molecule has 0 aliphatic heterocycles. The Balaban J connectivity index is -0.0000000112. The minimum absolute atomic E-state index is 0. The Labute approximate surface area is 70.3 Å². The fraction of sp³-hybridized carbons (Fsp3) is 0.600. The summed E-state index contributed by atoms with van der Waals surface area (Å²) >= 11 is 0. The molecule has 0 rings (SSSR count). The molecule has 0 aliphatic carbocycles. The molecule has 0 aromatic carbocycles. The van der Waals surface area contributed by atoms with E-state index in [1.54, 1.807) is 0 Å². The molecule has 0 aliphatic rings. The molecule has 10 heavy (non-hydrogen) atoms. The fourth-order valence-corrected chi connectivity index (χ4v) is 0. The summed E-state index contributed by atoms with van der Waals surface area (Å²) in [4.78, 5) is 0. The first-order valence-corrected chi connectivity index (χ1v) is 2.74. The third-order valence-corrected chi connectivity index (χ3v) is 0.583. The monoisotopic (exact) mass is 146 g/mol. The Morgan fingerprint density at radius 1 is 0.900 bits per heavy atom. The fourth-order valence-electron chi connectivity index (χ4n) is 0. The number of allylic oxidation sites excluding steroid dienone is 2. The molecule has 0 heterocycles. The van der Waals surface area contributed by atoms with Gasteiger partial charge in [0.1, 0.15) is 0 Å². The Kier molecular flexibility index (Phi) is 92.6. The lowest BCUT2D eigenvalue weighted by Gasteiger charge is -1.49. The molecule has 0 spiro atoms. The van der Waals surface area contributed by atoms with Crippen LogP contribution in [-0.4, -0.2) is 0 Å². The van der Waals surface area contributed by atoms with E-state index in [-0.39, 0.29) is 17.7 Å². The quantitative estimate of drug-likeness (QED) is 0.351. The SMILES string of the molecule is C.C.CC#CC.CC=CC.[HH].[HH]. The maximum absolute atomic E-state index is 2.68. The molecule has 0 unspecified atom stereocenters. The first-order chi connectivity index (χ1) is 3.83. The second kappa shape index (κ2) is 40.6. The van der Waals surface area contributed by atoms with Gasteiger partial charge < -0.3 is 0 Å². The van der Waals surface area contributed by atoms with E-state index in [9.17, 15) is 0 Å². The predicted octanol–water partition coefficient (Wildman–Crippen LogP) is 4.38. The van der Waals surface area contributed by atoms with Gasteiger partial charge in [0.05, 0.1) is 0 Å². The van der Waals surface area contributed by atoms with E-state index in [1.165, 1.54) is 0 Å². The Morgan fingerprint density at radius 2 is 1.10 bits per heavy atom. The van der Waals surface area contributed by atoms with Crippen LogP contribution in [0.25, 0.3) is 0 Å². The Hall–Kier alpha value is -0.700. The molecule has 0 heteroatoms. The van der Waals surface area contributed by atoms with Gasteiger partial charge in [0.15, 0.2) is 0 Å². The van der Waals surface area contributed by atoms with Crippen LogP contribution in [0.1, 0.15) is 45.4 Å². The van der Waals surface area contributed by atoms with E-state index in [2.05, 4.69) is 11.8 Å². The number of hydrogen-bond donors (Lipinski definition) is 0. The zero-order valence-corrected chi connectivity index (χ0v) is 6.15. The second-order valence-electron chi connectivity index (χ2n) is 1.17. The Morgan fingerprint density at radius 3 is 1.10 bits per heavy atom. The molecule has 0 saturated heterocycles. The highest BCUT2D eigenvalue weighted by Gasteiger charge is 1.34. The highest BCUT2D eigenvalue weighted by Crippen LogP contribution is 1.57. The summed E-state index contributed by atoms with van der Waals surface area (Å²) in [5, 5.41) is 0. The van der Waals surface area contributed by atoms with Crippen molar-refractivity contribution in [2.24, 2.45) is 0 Å². The topological polar surface area (TPSA) is 0 Å². The maximum Gasteiger partial charge on any atom is 0 e. The van der Waals surface area contributed by atoms with Gasteiger partial charge >= 0.3 is 0 Å². The summed E-state index contributed by atoms with van der Waals surface area (Å²) < 4.78 is 0. The maximum atomic E-state index is 2.68. The molecular formula is C10H26. The summed E-state index contributed by atoms with van der Waals surface area (Å²) in [6, 6.07) is 0. The summed E-state index contributed by atoms with van der Waals surface area (Å²) in [6.45, 7) is 7.64. The molecule has 0 bridgehead atoms. The standard InChI is InChI=1S/C4H8.C4H6.2CH4.2H2/c2*1-3-4-2;;;;/h3-4H,1-2H3;1-2H3;2*1H4;2*1H. The average molecular weight is 146 g/mol. The van der Waals surface area contributed by atoms with Gasteiger partial charge in [0.2, 0.25) is 0 Å². The Bertz CT molecular complexity index is 86.1. The van der Waals surface area contributed by atoms with Crippen molar-refractivity contribution in [2.75, 3.05) is 0 Å². The van der Waals surface area contributed by atoms with Crippen molar-refractivity contribution in [1.82, 2.24) is 0 Å². The molecule has 0 atom stereocenters. The first kappa shape index (κ1) is 22.8. The summed E-state index contributed by atoms with van der Waals surface area (Å²) in [5.41, 5.74) is 0. The van der Waals surface area contributed by atoms with Crippen molar-refractivity contribution in [2.45, 2.75) is 42.5 Å². The first-order valence-electron chi connectivity index (χ1n) is 2.74. The van der Waals surface area contributed by atoms with Crippen molar-refractivity contribution >= 4 is 0 Å². The van der Waals surface area contributed by atoms with Crippen LogP contribution in [0.3, 0.4) is 0 Å². The van der Waals surface area contributed by atoms with Crippen LogP contribution in [0.4, 0.5) is 0 Å². The largest absolute Gasteiger partial charge is 0.107 e. The van der Waals surface area contributed by atoms with Gasteiger partial charge in [-0.3, -0.25) is 0 Å². The predicted molar refractivity (Wildman–Crippen MR) is 57.3 cm³/mol. The lowest BCUT2D eigenvalue weighted by Crippen LogP contribution is -1.28. The lowest BCUT2D eigenvalue weighted by molar-refractivity contribution is 1.64. The van der Waals surface area contributed by atoms with Gasteiger partial charge in [-0.1, -0.05) is 27.0 Å². The molecule has 0 fully saturated rings. The van der Waals surface area contributed by atoms with Crippen molar-refractivity contribution in [3.63, 3.8) is 0 Å². The van der Waals surface area contributed by atoms with E-state index in [0.717, 1.165) is 0 Å². The van der Waals surface area contributed by atoms with E-state index >= 15 is 0 Å². The zero-order valence-electron chi connectivity index (χ0n) is 6.15. The van der Waals surface area contributed by atoms with Gasteiger partial charge in [-0.25, -0.2) is 0 Å². The van der Waals surface area contributed by atoms with Gasteiger partial charge in [-0.05, 0) is 27.7 Å². The lowest BCUT2D eigenvalue weighted by atomic mass is 10.6. The molecule has 66 valence electrons. The number of hydrogen-bond acceptors (Lipinski definition) is 0. The van der Waals surface area contributed by atoms with Crippen molar-refractivity contribution < 1.29 is 2.85 Å². The van der Waals surface area contributed by atoms with Gasteiger partial charge in [-0.2, -0.15) is 0 Å². The normalized spacial score (nSPS) is 5.20. The van der Waals surface area contributed by atoms with Crippen LogP contribution in [0.5, 0.6) is 0 Å². The third kappa shape index (κ3) is 171. The van der Waals surface area contributed by atoms with Crippen molar-refractivity contribution in [3.05, 3.63) is 12.2 Å². The summed E-state index contributed by atoms with van der Waals surface area (Å²) in [5.74, 6) is 5.36. The molecule has 0 aromatic rings. The highest BCUT2D eigenvalue weighted by atomic mass is 13.4. The highest BCUT2D eigenvalue weighted by molar-refractivity contribution is 4.89. The van der Waals surface area contributed by atoms with Crippen molar-refractivity contribution in [3.8, 4) is 11.8 Å². The van der Waals surface area contributed by atoms with E-state index in [0.29, 0.717) is 0 Å². The van der Waals surface area contributed by atoms with Crippen LogP contribution in [0, 0.1) is 11.8 Å². The third-order valence-electron chi connectivity index (χ3n) is 0.583. The molecule has 0 amide bonds. The minimum atomic E-state index is 0. The molecular weight excluding hydrogens is 120 g/mol. The number of rotatable bonds is 0. The van der Waals surface area contributed by atoms with Crippen LogP contribution in [-0.2, 0) is 0 Å². The van der Waals surface area contributed by atoms with E-state index in [1.807, 2.05) is 39.8 Å². The molecule has 0 radical (unpaired) electrons. The zero-order chi connectivity index (χ0) is 6.83. The van der Waals surface area contributed by atoms with Crippen molar-refractivity contribution in [1.29, 1.82) is 0 Å². The average Bonchev–Trinajstić information content (AvgIpc) is 1.88. The summed E-state index contributed by atoms with van der Waals surface area (Å²) in [6.07, 6.45) is 4.00. The molecule has 0 N–H and O–H groups in total. The van der Waals surface area contributed by atoms with E-state index < -0.39 is 0 Å². The summed E-state index contributed by atoms with van der Waals surface area (Å²) in [7, 11) is 0. The smallest absolute Gasteiger partial charge is 0 e. The minimum Gasteiger partial charge on any atom is -0.107 e. The van der Waals surface area contributed by atoms with Gasteiger partial charge in [0.25, 0.3) is 0 Å². The van der Waals surface area contributed by atoms with E-state index in [4.69, 9.17) is 0 Å². The molecule has 0 nitrogen and oxygen atoms in total. The van der Waals surface area contributed by atoms with Gasteiger partial charge in [-0.15, -0.1) is 11.8 Å². The van der Waals surface area contributed by atoms with Crippen LogP contribution in [0.15, 0.2) is 12.2 Å². The second-order valence-corrected chi connectivity index (χ2v) is 1.17. The molecule has 0 aromatic heterocycles.